The van der Waals surface area contributed by atoms with Gasteiger partial charge >= 0.3 is 0 Å². The Morgan fingerprint density at radius 2 is 1.77 bits per heavy atom. The number of ether oxygens (including phenoxy) is 2. The minimum Gasteiger partial charge on any atom is -0.379 e. The molecule has 0 unspecified atom stereocenters. The van der Waals surface area contributed by atoms with Gasteiger partial charge in [-0.05, 0) is 39.2 Å². The second-order valence-electron chi connectivity index (χ2n) is 8.12. The van der Waals surface area contributed by atoms with Gasteiger partial charge in [-0.15, -0.1) is 0 Å². The number of piperidine rings is 1. The standard InChI is InChI=1S/C24H35N3O3/c1-4-29-13-14-30-12-11-27-10-7-25-24(27)22-5-8-26(9-6-22)23(28)18-21-16-19(2)15-20(3)17-21/h7,10,15-17,22H,4-6,8-9,11-14,18H2,1-3H3. The molecule has 1 aromatic carbocycles. The lowest BCUT2D eigenvalue weighted by molar-refractivity contribution is -0.131. The van der Waals surface area contributed by atoms with E-state index in [4.69, 9.17) is 9.47 Å². The van der Waals surface area contributed by atoms with Crippen molar-refractivity contribution in [3.05, 3.63) is 53.1 Å². The summed E-state index contributed by atoms with van der Waals surface area (Å²) < 4.78 is 13.1. The molecule has 0 N–H and O–H groups in total. The Bertz CT molecular complexity index is 790. The van der Waals surface area contributed by atoms with E-state index in [0.717, 1.165) is 50.5 Å². The van der Waals surface area contributed by atoms with Crippen LogP contribution in [-0.2, 0) is 27.2 Å². The summed E-state index contributed by atoms with van der Waals surface area (Å²) in [6.07, 6.45) is 6.30. The lowest BCUT2D eigenvalue weighted by Crippen LogP contribution is -2.39. The zero-order valence-corrected chi connectivity index (χ0v) is 18.6. The lowest BCUT2D eigenvalue weighted by atomic mass is 9.95. The molecular formula is C24H35N3O3. The van der Waals surface area contributed by atoms with Crippen LogP contribution in [0.25, 0.3) is 0 Å². The minimum absolute atomic E-state index is 0.226. The van der Waals surface area contributed by atoms with Crippen molar-refractivity contribution in [1.82, 2.24) is 14.5 Å². The smallest absolute Gasteiger partial charge is 0.226 e. The third-order valence-corrected chi connectivity index (χ3v) is 5.65. The van der Waals surface area contributed by atoms with Crippen molar-refractivity contribution >= 4 is 5.91 Å². The number of carbonyl (C=O) groups is 1. The summed E-state index contributed by atoms with van der Waals surface area (Å²) in [6, 6.07) is 6.38. The predicted octanol–water partition coefficient (Wildman–Crippen LogP) is 3.50. The van der Waals surface area contributed by atoms with Crippen molar-refractivity contribution < 1.29 is 14.3 Å². The first-order chi connectivity index (χ1) is 14.6. The topological polar surface area (TPSA) is 56.6 Å². The van der Waals surface area contributed by atoms with Gasteiger partial charge < -0.3 is 18.9 Å². The Morgan fingerprint density at radius 3 is 2.47 bits per heavy atom. The average molecular weight is 414 g/mol. The van der Waals surface area contributed by atoms with E-state index in [-0.39, 0.29) is 5.91 Å². The predicted molar refractivity (Wildman–Crippen MR) is 118 cm³/mol. The maximum atomic E-state index is 12.8. The molecule has 1 fully saturated rings. The number of hydrogen-bond acceptors (Lipinski definition) is 4. The highest BCUT2D eigenvalue weighted by molar-refractivity contribution is 5.79. The second kappa shape index (κ2) is 11.3. The normalized spacial score (nSPS) is 15.0. The molecule has 0 spiro atoms. The monoisotopic (exact) mass is 413 g/mol. The van der Waals surface area contributed by atoms with Crippen LogP contribution >= 0.6 is 0 Å². The Kier molecular flexibility index (Phi) is 8.46. The van der Waals surface area contributed by atoms with Crippen LogP contribution in [0.4, 0.5) is 0 Å². The molecule has 1 saturated heterocycles. The summed E-state index contributed by atoms with van der Waals surface area (Å²) in [5, 5.41) is 0. The van der Waals surface area contributed by atoms with Gasteiger partial charge in [0.15, 0.2) is 0 Å². The van der Waals surface area contributed by atoms with Crippen LogP contribution in [0.5, 0.6) is 0 Å². The number of rotatable bonds is 10. The quantitative estimate of drug-likeness (QED) is 0.560. The largest absolute Gasteiger partial charge is 0.379 e. The van der Waals surface area contributed by atoms with Crippen LogP contribution in [-0.4, -0.2) is 59.9 Å². The van der Waals surface area contributed by atoms with Crippen LogP contribution in [0, 0.1) is 13.8 Å². The zero-order chi connectivity index (χ0) is 21.3. The summed E-state index contributed by atoms with van der Waals surface area (Å²) in [6.45, 7) is 11.2. The Balaban J connectivity index is 1.46. The number of benzene rings is 1. The molecule has 1 aromatic heterocycles. The van der Waals surface area contributed by atoms with Gasteiger partial charge in [0.25, 0.3) is 0 Å². The summed E-state index contributed by atoms with van der Waals surface area (Å²) in [5.74, 6) is 1.74. The van der Waals surface area contributed by atoms with Crippen molar-refractivity contribution in [3.8, 4) is 0 Å². The number of hydrogen-bond donors (Lipinski definition) is 0. The lowest BCUT2D eigenvalue weighted by Gasteiger charge is -2.32. The molecule has 30 heavy (non-hydrogen) atoms. The van der Waals surface area contributed by atoms with Gasteiger partial charge in [-0.1, -0.05) is 29.3 Å². The number of aromatic nitrogens is 2. The highest BCUT2D eigenvalue weighted by Crippen LogP contribution is 2.27. The van der Waals surface area contributed by atoms with Gasteiger partial charge in [-0.3, -0.25) is 4.79 Å². The Labute approximate surface area is 180 Å². The van der Waals surface area contributed by atoms with Crippen molar-refractivity contribution in [3.63, 3.8) is 0 Å². The fourth-order valence-electron chi connectivity index (χ4n) is 4.24. The minimum atomic E-state index is 0.226. The third-order valence-electron chi connectivity index (χ3n) is 5.65. The first-order valence-electron chi connectivity index (χ1n) is 11.1. The summed E-state index contributed by atoms with van der Waals surface area (Å²) in [7, 11) is 0. The van der Waals surface area contributed by atoms with Gasteiger partial charge in [-0.2, -0.15) is 0 Å². The first kappa shape index (κ1) is 22.5. The molecule has 0 bridgehead atoms. The van der Waals surface area contributed by atoms with Gasteiger partial charge in [-0.25, -0.2) is 4.98 Å². The molecule has 0 saturated carbocycles. The molecule has 3 rings (SSSR count). The van der Waals surface area contributed by atoms with Crippen LogP contribution in [0.2, 0.25) is 0 Å². The van der Waals surface area contributed by atoms with Gasteiger partial charge in [0.2, 0.25) is 5.91 Å². The number of aryl methyl sites for hydroxylation is 2. The van der Waals surface area contributed by atoms with E-state index in [0.29, 0.717) is 32.2 Å². The maximum absolute atomic E-state index is 12.8. The van der Waals surface area contributed by atoms with Crippen molar-refractivity contribution in [2.45, 2.75) is 52.5 Å². The third kappa shape index (κ3) is 6.41. The summed E-state index contributed by atoms with van der Waals surface area (Å²) in [4.78, 5) is 19.4. The molecule has 164 valence electrons. The number of amides is 1. The fraction of sp³-hybridized carbons (Fsp3) is 0.583. The molecule has 1 amide bonds. The molecule has 6 nitrogen and oxygen atoms in total. The average Bonchev–Trinajstić information content (AvgIpc) is 3.18. The number of carbonyl (C=O) groups excluding carboxylic acids is 1. The van der Waals surface area contributed by atoms with Crippen molar-refractivity contribution in [2.24, 2.45) is 0 Å². The molecule has 0 aliphatic carbocycles. The van der Waals surface area contributed by atoms with E-state index in [1.807, 2.05) is 24.2 Å². The number of imidazole rings is 1. The van der Waals surface area contributed by atoms with E-state index < -0.39 is 0 Å². The summed E-state index contributed by atoms with van der Waals surface area (Å²) in [5.41, 5.74) is 3.54. The highest BCUT2D eigenvalue weighted by atomic mass is 16.5. The fourth-order valence-corrected chi connectivity index (χ4v) is 4.24. The SMILES string of the molecule is CCOCCOCCn1ccnc1C1CCN(C(=O)Cc2cc(C)cc(C)c2)CC1. The first-order valence-corrected chi connectivity index (χ1v) is 11.1. The van der Waals surface area contributed by atoms with Crippen molar-refractivity contribution in [1.29, 1.82) is 0 Å². The van der Waals surface area contributed by atoms with E-state index in [1.54, 1.807) is 0 Å². The van der Waals surface area contributed by atoms with E-state index in [2.05, 4.69) is 41.6 Å². The highest BCUT2D eigenvalue weighted by Gasteiger charge is 2.26. The summed E-state index contributed by atoms with van der Waals surface area (Å²) >= 11 is 0. The maximum Gasteiger partial charge on any atom is 0.226 e. The Morgan fingerprint density at radius 1 is 1.07 bits per heavy atom. The molecule has 0 radical (unpaired) electrons. The van der Waals surface area contributed by atoms with Gasteiger partial charge in [0.05, 0.1) is 26.2 Å². The van der Waals surface area contributed by atoms with Crippen LogP contribution in [0.3, 0.4) is 0 Å². The molecule has 1 aliphatic rings. The number of nitrogens with zero attached hydrogens (tertiary/aromatic N) is 3. The molecule has 0 atom stereocenters. The number of likely N-dealkylation sites (tertiary alicyclic amines) is 1. The van der Waals surface area contributed by atoms with Crippen molar-refractivity contribution in [2.75, 3.05) is 39.5 Å². The Hall–Kier alpha value is -2.18. The van der Waals surface area contributed by atoms with Crippen LogP contribution in [0.1, 0.15) is 48.2 Å². The van der Waals surface area contributed by atoms with Crippen LogP contribution in [0.15, 0.2) is 30.6 Å². The molecular weight excluding hydrogens is 378 g/mol. The molecule has 2 heterocycles. The zero-order valence-electron chi connectivity index (χ0n) is 18.6. The van der Waals surface area contributed by atoms with E-state index in [1.165, 1.54) is 11.1 Å². The van der Waals surface area contributed by atoms with Crippen LogP contribution < -0.4 is 0 Å². The van der Waals surface area contributed by atoms with E-state index >= 15 is 0 Å². The molecule has 2 aromatic rings. The molecule has 6 heteroatoms. The van der Waals surface area contributed by atoms with Gasteiger partial charge in [0, 0.05) is 44.6 Å². The second-order valence-corrected chi connectivity index (χ2v) is 8.12. The van der Waals surface area contributed by atoms with E-state index in [9.17, 15) is 4.79 Å². The molecule has 1 aliphatic heterocycles. The van der Waals surface area contributed by atoms with Gasteiger partial charge in [0.1, 0.15) is 5.82 Å².